The molecule has 0 radical (unpaired) electrons. The molecule has 2 atom stereocenters. The van der Waals surface area contributed by atoms with Gasteiger partial charge in [-0.1, -0.05) is 30.3 Å². The number of furan rings is 1. The van der Waals surface area contributed by atoms with E-state index in [1.807, 2.05) is 37.3 Å². The minimum Gasteiger partial charge on any atom is -0.440 e. The van der Waals surface area contributed by atoms with Gasteiger partial charge in [-0.3, -0.25) is 4.79 Å². The van der Waals surface area contributed by atoms with E-state index in [1.165, 1.54) is 0 Å². The van der Waals surface area contributed by atoms with Crippen molar-refractivity contribution >= 4 is 17.5 Å². The van der Waals surface area contributed by atoms with Gasteiger partial charge in [0.15, 0.2) is 11.0 Å². The third kappa shape index (κ3) is 3.12. The highest BCUT2D eigenvalue weighted by atomic mass is 35.5. The third-order valence-corrected chi connectivity index (χ3v) is 3.71. The van der Waals surface area contributed by atoms with Crippen LogP contribution in [0.15, 0.2) is 46.9 Å². The van der Waals surface area contributed by atoms with Crippen LogP contribution in [0.3, 0.4) is 0 Å². The lowest BCUT2D eigenvalue weighted by Crippen LogP contribution is -2.45. The van der Waals surface area contributed by atoms with Crippen LogP contribution >= 0.6 is 11.6 Å². The number of morpholine rings is 1. The fraction of sp³-hybridized carbons (Fsp3) is 0.312. The number of benzene rings is 1. The third-order valence-electron chi connectivity index (χ3n) is 3.50. The Balaban J connectivity index is 1.78. The van der Waals surface area contributed by atoms with Crippen LogP contribution in [0, 0.1) is 0 Å². The van der Waals surface area contributed by atoms with Crippen molar-refractivity contribution in [2.75, 3.05) is 13.1 Å². The lowest BCUT2D eigenvalue weighted by molar-refractivity contribution is -0.0697. The molecule has 0 N–H and O–H groups in total. The molecule has 2 aromatic rings. The molecule has 1 amide bonds. The summed E-state index contributed by atoms with van der Waals surface area (Å²) in [5.41, 5.74) is 1.07. The van der Waals surface area contributed by atoms with Gasteiger partial charge in [0.1, 0.15) is 6.10 Å². The minimum atomic E-state index is -0.155. The van der Waals surface area contributed by atoms with Gasteiger partial charge in [-0.15, -0.1) is 0 Å². The van der Waals surface area contributed by atoms with Crippen LogP contribution in [0.4, 0.5) is 0 Å². The first-order valence-electron chi connectivity index (χ1n) is 6.88. The number of amides is 1. The van der Waals surface area contributed by atoms with Crippen molar-refractivity contribution in [3.63, 3.8) is 0 Å². The first-order valence-corrected chi connectivity index (χ1v) is 7.26. The minimum absolute atomic E-state index is 0.0293. The molecular weight excluding hydrogens is 290 g/mol. The summed E-state index contributed by atoms with van der Waals surface area (Å²) in [6.07, 6.45) is -0.150. The zero-order valence-corrected chi connectivity index (χ0v) is 12.4. The number of hydrogen-bond acceptors (Lipinski definition) is 3. The molecule has 21 heavy (non-hydrogen) atoms. The van der Waals surface area contributed by atoms with Crippen LogP contribution in [0.2, 0.25) is 5.22 Å². The molecule has 1 saturated heterocycles. The lowest BCUT2D eigenvalue weighted by Gasteiger charge is -2.36. The highest BCUT2D eigenvalue weighted by Crippen LogP contribution is 2.26. The number of rotatable bonds is 2. The number of nitrogens with zero attached hydrogens (tertiary/aromatic N) is 1. The Bertz CT molecular complexity index is 625. The second kappa shape index (κ2) is 5.92. The Kier molecular flexibility index (Phi) is 3.99. The van der Waals surface area contributed by atoms with Crippen LogP contribution in [0.25, 0.3) is 0 Å². The van der Waals surface area contributed by atoms with Gasteiger partial charge in [0, 0.05) is 6.54 Å². The Morgan fingerprint density at radius 2 is 1.95 bits per heavy atom. The van der Waals surface area contributed by atoms with E-state index in [0.717, 1.165) is 5.56 Å². The summed E-state index contributed by atoms with van der Waals surface area (Å²) in [5.74, 6) is 0.110. The summed E-state index contributed by atoms with van der Waals surface area (Å²) in [6.45, 7) is 3.01. The van der Waals surface area contributed by atoms with Crippen LogP contribution in [-0.2, 0) is 4.74 Å². The van der Waals surface area contributed by atoms with Crippen LogP contribution in [0.5, 0.6) is 0 Å². The fourth-order valence-corrected chi connectivity index (χ4v) is 2.70. The Morgan fingerprint density at radius 3 is 2.62 bits per heavy atom. The van der Waals surface area contributed by atoms with E-state index >= 15 is 0 Å². The SMILES string of the molecule is CC1CN(C(=O)c2ccc(Cl)o2)CC(c2ccccc2)O1. The van der Waals surface area contributed by atoms with Gasteiger partial charge in [-0.2, -0.15) is 0 Å². The van der Waals surface area contributed by atoms with Crippen molar-refractivity contribution in [2.24, 2.45) is 0 Å². The van der Waals surface area contributed by atoms with Crippen molar-refractivity contribution in [3.8, 4) is 0 Å². The van der Waals surface area contributed by atoms with Crippen molar-refractivity contribution in [1.29, 1.82) is 0 Å². The molecule has 2 unspecified atom stereocenters. The van der Waals surface area contributed by atoms with E-state index in [-0.39, 0.29) is 29.1 Å². The van der Waals surface area contributed by atoms with Gasteiger partial charge in [-0.05, 0) is 36.2 Å². The predicted molar refractivity (Wildman–Crippen MR) is 79.4 cm³/mol. The summed E-state index contributed by atoms with van der Waals surface area (Å²) in [7, 11) is 0. The summed E-state index contributed by atoms with van der Waals surface area (Å²) >= 11 is 5.73. The van der Waals surface area contributed by atoms with E-state index in [2.05, 4.69) is 0 Å². The molecule has 1 fully saturated rings. The molecule has 0 saturated carbocycles. The first-order chi connectivity index (χ1) is 10.1. The largest absolute Gasteiger partial charge is 0.440 e. The molecule has 0 spiro atoms. The van der Waals surface area contributed by atoms with E-state index in [1.54, 1.807) is 17.0 Å². The topological polar surface area (TPSA) is 42.7 Å². The second-order valence-corrected chi connectivity index (χ2v) is 5.53. The van der Waals surface area contributed by atoms with E-state index in [4.69, 9.17) is 20.8 Å². The number of hydrogen-bond donors (Lipinski definition) is 0. The highest BCUT2D eigenvalue weighted by Gasteiger charge is 2.31. The van der Waals surface area contributed by atoms with Crippen molar-refractivity contribution in [1.82, 2.24) is 4.90 Å². The summed E-state index contributed by atoms with van der Waals surface area (Å²) < 4.78 is 11.2. The quantitative estimate of drug-likeness (QED) is 0.852. The number of halogens is 1. The zero-order chi connectivity index (χ0) is 14.8. The average Bonchev–Trinajstić information content (AvgIpc) is 2.93. The van der Waals surface area contributed by atoms with Crippen molar-refractivity contribution < 1.29 is 13.9 Å². The van der Waals surface area contributed by atoms with Gasteiger partial charge in [0.25, 0.3) is 5.91 Å². The second-order valence-electron chi connectivity index (χ2n) is 5.16. The zero-order valence-electron chi connectivity index (χ0n) is 11.7. The van der Waals surface area contributed by atoms with E-state index < -0.39 is 0 Å². The lowest BCUT2D eigenvalue weighted by atomic mass is 10.1. The molecule has 1 aromatic heterocycles. The molecule has 1 aromatic carbocycles. The molecule has 110 valence electrons. The first kappa shape index (κ1) is 14.2. The normalized spacial score (nSPS) is 22.3. The van der Waals surface area contributed by atoms with Gasteiger partial charge < -0.3 is 14.1 Å². The highest BCUT2D eigenvalue weighted by molar-refractivity contribution is 6.29. The summed E-state index contributed by atoms with van der Waals surface area (Å²) in [6, 6.07) is 13.1. The molecule has 5 heteroatoms. The predicted octanol–water partition coefficient (Wildman–Crippen LogP) is 3.54. The summed E-state index contributed by atoms with van der Waals surface area (Å²) in [5, 5.41) is 0.222. The Morgan fingerprint density at radius 1 is 1.19 bits per heavy atom. The molecule has 0 aliphatic carbocycles. The fourth-order valence-electron chi connectivity index (χ4n) is 2.55. The van der Waals surface area contributed by atoms with Crippen LogP contribution in [-0.4, -0.2) is 30.0 Å². The molecule has 1 aliphatic rings. The molecule has 1 aliphatic heterocycles. The van der Waals surface area contributed by atoms with E-state index in [0.29, 0.717) is 13.1 Å². The average molecular weight is 306 g/mol. The molecule has 3 rings (SSSR count). The molecule has 4 nitrogen and oxygen atoms in total. The summed E-state index contributed by atoms with van der Waals surface area (Å²) in [4.78, 5) is 14.2. The van der Waals surface area contributed by atoms with Gasteiger partial charge in [0.2, 0.25) is 0 Å². The van der Waals surface area contributed by atoms with Crippen molar-refractivity contribution in [3.05, 3.63) is 59.0 Å². The van der Waals surface area contributed by atoms with Crippen LogP contribution in [0.1, 0.15) is 29.1 Å². The maximum atomic E-state index is 12.5. The van der Waals surface area contributed by atoms with E-state index in [9.17, 15) is 4.79 Å². The van der Waals surface area contributed by atoms with Gasteiger partial charge >= 0.3 is 0 Å². The Labute approximate surface area is 128 Å². The van der Waals surface area contributed by atoms with Crippen molar-refractivity contribution in [2.45, 2.75) is 19.1 Å². The van der Waals surface area contributed by atoms with Gasteiger partial charge in [-0.25, -0.2) is 0 Å². The number of carbonyl (C=O) groups is 1. The number of carbonyl (C=O) groups excluding carboxylic acids is 1. The molecular formula is C16H16ClNO3. The van der Waals surface area contributed by atoms with Crippen LogP contribution < -0.4 is 0 Å². The Hall–Kier alpha value is -1.78. The maximum Gasteiger partial charge on any atom is 0.289 e. The molecule has 2 heterocycles. The van der Waals surface area contributed by atoms with Gasteiger partial charge in [0.05, 0.1) is 12.6 Å². The standard InChI is InChI=1S/C16H16ClNO3/c1-11-9-18(16(19)13-7-8-15(17)21-13)10-14(20-11)12-5-3-2-4-6-12/h2-8,11,14H,9-10H2,1H3. The number of ether oxygens (including phenoxy) is 1. The smallest absolute Gasteiger partial charge is 0.289 e. The maximum absolute atomic E-state index is 12.5. The monoisotopic (exact) mass is 305 g/mol. The molecule has 0 bridgehead atoms.